The van der Waals surface area contributed by atoms with Crippen LogP contribution in [0.1, 0.15) is 11.3 Å². The molecule has 168 valence electrons. The minimum absolute atomic E-state index is 0.0374. The molecule has 1 aliphatic heterocycles. The van der Waals surface area contributed by atoms with Crippen LogP contribution in [0.5, 0.6) is 11.5 Å². The van der Waals surface area contributed by atoms with Crippen LogP contribution in [0.3, 0.4) is 0 Å². The van der Waals surface area contributed by atoms with Gasteiger partial charge in [-0.1, -0.05) is 30.3 Å². The molecule has 9 nitrogen and oxygen atoms in total. The zero-order chi connectivity index (χ0) is 23.1. The Morgan fingerprint density at radius 1 is 1.00 bits per heavy atom. The highest BCUT2D eigenvalue weighted by Gasteiger charge is 2.23. The lowest BCUT2D eigenvalue weighted by molar-refractivity contribution is -0.120. The van der Waals surface area contributed by atoms with Crippen LogP contribution in [0.2, 0.25) is 0 Å². The molecule has 0 bridgehead atoms. The van der Waals surface area contributed by atoms with Gasteiger partial charge in [-0.2, -0.15) is 0 Å². The molecule has 2 aromatic heterocycles. The highest BCUT2D eigenvalue weighted by Crippen LogP contribution is 2.41. The summed E-state index contributed by atoms with van der Waals surface area (Å²) in [6.07, 6.45) is 0.0374. The summed E-state index contributed by atoms with van der Waals surface area (Å²) in [6, 6.07) is 14.4. The van der Waals surface area contributed by atoms with Crippen molar-refractivity contribution < 1.29 is 18.7 Å². The predicted molar refractivity (Wildman–Crippen MR) is 120 cm³/mol. The Hall–Kier alpha value is -4.27. The first-order valence-corrected chi connectivity index (χ1v) is 10.4. The minimum atomic E-state index is -0.449. The van der Waals surface area contributed by atoms with Gasteiger partial charge >= 0.3 is 5.69 Å². The normalized spacial score (nSPS) is 12.3. The molecule has 3 heterocycles. The smallest absolute Gasteiger partial charge is 0.330 e. The topological polar surface area (TPSA) is 105 Å². The van der Waals surface area contributed by atoms with Crippen LogP contribution in [-0.2, 0) is 31.9 Å². The zero-order valence-electron chi connectivity index (χ0n) is 18.1. The van der Waals surface area contributed by atoms with Crippen LogP contribution < -0.4 is 26.0 Å². The average molecular weight is 447 g/mol. The van der Waals surface area contributed by atoms with Crippen molar-refractivity contribution in [2.24, 2.45) is 14.1 Å². The second-order valence-corrected chi connectivity index (χ2v) is 7.81. The molecular formula is C24H21N3O6. The van der Waals surface area contributed by atoms with Gasteiger partial charge in [-0.05, 0) is 6.07 Å². The molecular weight excluding hydrogens is 426 g/mol. The second-order valence-electron chi connectivity index (χ2n) is 7.81. The number of hydrogen-bond acceptors (Lipinski definition) is 6. The zero-order valence-corrected chi connectivity index (χ0v) is 18.1. The Labute approximate surface area is 187 Å². The van der Waals surface area contributed by atoms with Gasteiger partial charge in [0.25, 0.3) is 5.56 Å². The predicted octanol–water partition coefficient (Wildman–Crippen LogP) is 2.08. The van der Waals surface area contributed by atoms with Crippen LogP contribution in [0.25, 0.3) is 22.3 Å². The van der Waals surface area contributed by atoms with Crippen molar-refractivity contribution in [3.05, 3.63) is 80.6 Å². The van der Waals surface area contributed by atoms with Crippen molar-refractivity contribution in [2.45, 2.75) is 13.0 Å². The number of benzene rings is 2. The van der Waals surface area contributed by atoms with Gasteiger partial charge in [0, 0.05) is 48.4 Å². The Morgan fingerprint density at radius 3 is 2.48 bits per heavy atom. The summed E-state index contributed by atoms with van der Waals surface area (Å²) < 4.78 is 19.4. The number of fused-ring (bicyclic) bond motifs is 2. The summed E-state index contributed by atoms with van der Waals surface area (Å²) >= 11 is 0. The summed E-state index contributed by atoms with van der Waals surface area (Å²) in [6.45, 7) is 0.183. The molecule has 1 N–H and O–H groups in total. The molecule has 9 heteroatoms. The fourth-order valence-electron chi connectivity index (χ4n) is 3.90. The molecule has 0 atom stereocenters. The monoisotopic (exact) mass is 447 g/mol. The maximum Gasteiger partial charge on any atom is 0.330 e. The first-order valence-electron chi connectivity index (χ1n) is 10.4. The molecule has 4 aromatic rings. The van der Waals surface area contributed by atoms with Gasteiger partial charge < -0.3 is 19.2 Å². The van der Waals surface area contributed by atoms with E-state index in [1.165, 1.54) is 17.7 Å². The van der Waals surface area contributed by atoms with E-state index in [4.69, 9.17) is 13.9 Å². The first-order chi connectivity index (χ1) is 15.9. The number of rotatable bonds is 5. The fourth-order valence-corrected chi connectivity index (χ4v) is 3.90. The van der Waals surface area contributed by atoms with E-state index in [9.17, 15) is 14.4 Å². The summed E-state index contributed by atoms with van der Waals surface area (Å²) in [5.74, 6) is 1.50. The molecule has 33 heavy (non-hydrogen) atoms. The number of aromatic nitrogens is 2. The number of hydrogen-bond donors (Lipinski definition) is 1. The van der Waals surface area contributed by atoms with E-state index >= 15 is 0 Å². The van der Waals surface area contributed by atoms with Gasteiger partial charge in [0.15, 0.2) is 11.5 Å². The minimum Gasteiger partial charge on any atom is -0.456 e. The molecule has 5 rings (SSSR count). The number of amides is 1. The molecule has 0 saturated heterocycles. The maximum atomic E-state index is 12.9. The lowest BCUT2D eigenvalue weighted by Crippen LogP contribution is -2.39. The third-order valence-electron chi connectivity index (χ3n) is 5.75. The molecule has 2 aromatic carbocycles. The standard InChI is InChI=1S/C24H21N3O6/c1-26-15(8-22(29)27(2)24(26)30)12-25-21(28)10-17-16-9-19-20(32-13-31-19)11-18(16)33-23(17)14-6-4-3-5-7-14/h3-9,11H,10,12-13H2,1-2H3,(H,25,28). The Morgan fingerprint density at radius 2 is 1.73 bits per heavy atom. The fraction of sp³-hybridized carbons (Fsp3) is 0.208. The summed E-state index contributed by atoms with van der Waals surface area (Å²) in [5.41, 5.74) is 1.69. The Bertz CT molecular complexity index is 1500. The van der Waals surface area contributed by atoms with Crippen LogP contribution >= 0.6 is 0 Å². The van der Waals surface area contributed by atoms with Crippen molar-refractivity contribution in [2.75, 3.05) is 6.79 Å². The lowest BCUT2D eigenvalue weighted by Gasteiger charge is -2.11. The second kappa shape index (κ2) is 8.01. The van der Waals surface area contributed by atoms with Crippen molar-refractivity contribution >= 4 is 16.9 Å². The number of carbonyl (C=O) groups excluding carboxylic acids is 1. The lowest BCUT2D eigenvalue weighted by atomic mass is 10.0. The largest absolute Gasteiger partial charge is 0.456 e. The van der Waals surface area contributed by atoms with E-state index in [-0.39, 0.29) is 25.7 Å². The molecule has 1 aliphatic rings. The van der Waals surface area contributed by atoms with Gasteiger partial charge in [-0.15, -0.1) is 0 Å². The Kier molecular flexibility index (Phi) is 5.01. The van der Waals surface area contributed by atoms with Crippen LogP contribution in [0, 0.1) is 0 Å². The molecule has 0 spiro atoms. The summed E-state index contributed by atoms with van der Waals surface area (Å²) in [4.78, 5) is 37.0. The maximum absolute atomic E-state index is 12.9. The molecule has 0 saturated carbocycles. The summed E-state index contributed by atoms with van der Waals surface area (Å²) in [7, 11) is 2.97. The van der Waals surface area contributed by atoms with E-state index in [1.807, 2.05) is 36.4 Å². The number of ether oxygens (including phenoxy) is 2. The molecule has 0 aliphatic carbocycles. The third-order valence-corrected chi connectivity index (χ3v) is 5.75. The van der Waals surface area contributed by atoms with Crippen molar-refractivity contribution in [3.63, 3.8) is 0 Å². The van der Waals surface area contributed by atoms with Crippen molar-refractivity contribution in [1.29, 1.82) is 0 Å². The highest BCUT2D eigenvalue weighted by atomic mass is 16.7. The van der Waals surface area contributed by atoms with Gasteiger partial charge in [-0.25, -0.2) is 4.79 Å². The van der Waals surface area contributed by atoms with Crippen LogP contribution in [-0.4, -0.2) is 21.8 Å². The number of furan rings is 1. The quantitative estimate of drug-likeness (QED) is 0.502. The molecule has 0 radical (unpaired) electrons. The van der Waals surface area contributed by atoms with Crippen LogP contribution in [0.15, 0.2) is 62.5 Å². The van der Waals surface area contributed by atoms with E-state index in [2.05, 4.69) is 5.32 Å². The number of nitrogens with zero attached hydrogens (tertiary/aromatic N) is 2. The average Bonchev–Trinajstić information content (AvgIpc) is 3.42. The highest BCUT2D eigenvalue weighted by molar-refractivity contribution is 5.94. The van der Waals surface area contributed by atoms with E-state index in [0.29, 0.717) is 34.1 Å². The first kappa shape index (κ1) is 20.6. The van der Waals surface area contributed by atoms with Gasteiger partial charge in [0.2, 0.25) is 12.7 Å². The van der Waals surface area contributed by atoms with Crippen molar-refractivity contribution in [1.82, 2.24) is 14.5 Å². The molecule has 0 fully saturated rings. The van der Waals surface area contributed by atoms with E-state index < -0.39 is 11.2 Å². The SMILES string of the molecule is Cn1c(CNC(=O)Cc2c(-c3ccccc3)oc3cc4c(cc23)OCO4)cc(=O)n(C)c1=O. The van der Waals surface area contributed by atoms with Crippen molar-refractivity contribution in [3.8, 4) is 22.8 Å². The third kappa shape index (κ3) is 3.67. The molecule has 1 amide bonds. The van der Waals surface area contributed by atoms with Crippen LogP contribution in [0.4, 0.5) is 0 Å². The van der Waals surface area contributed by atoms with Gasteiger partial charge in [0.1, 0.15) is 11.3 Å². The Balaban J connectivity index is 1.47. The van der Waals surface area contributed by atoms with E-state index in [0.717, 1.165) is 15.5 Å². The molecule has 0 unspecified atom stereocenters. The van der Waals surface area contributed by atoms with E-state index in [1.54, 1.807) is 13.1 Å². The number of carbonyl (C=O) groups is 1. The van der Waals surface area contributed by atoms with Gasteiger partial charge in [0.05, 0.1) is 13.0 Å². The number of nitrogens with one attached hydrogen (secondary N) is 1. The summed E-state index contributed by atoms with van der Waals surface area (Å²) in [5, 5.41) is 3.56. The van der Waals surface area contributed by atoms with Gasteiger partial charge in [-0.3, -0.25) is 18.7 Å².